The molecule has 6 rings (SSSR count). The van der Waals surface area contributed by atoms with E-state index in [9.17, 15) is 18.0 Å². The summed E-state index contributed by atoms with van der Waals surface area (Å²) in [6.45, 7) is 6.23. The van der Waals surface area contributed by atoms with Crippen LogP contribution in [0.25, 0.3) is 11.3 Å². The van der Waals surface area contributed by atoms with Gasteiger partial charge in [-0.2, -0.15) is 13.2 Å². The van der Waals surface area contributed by atoms with Gasteiger partial charge in [0.15, 0.2) is 5.82 Å². The summed E-state index contributed by atoms with van der Waals surface area (Å²) in [5.74, 6) is 0.475. The lowest BCUT2D eigenvalue weighted by atomic mass is 10.1. The summed E-state index contributed by atoms with van der Waals surface area (Å²) in [5.41, 5.74) is 2.68. The Morgan fingerprint density at radius 1 is 1.03 bits per heavy atom. The molecule has 3 aromatic rings. The molecule has 2 aromatic carbocycles. The molecular formula is C28H29F3N6O. The fraction of sp³-hybridized carbons (Fsp3) is 0.357. The van der Waals surface area contributed by atoms with Crippen LogP contribution in [-0.2, 0) is 12.7 Å². The number of carbonyl (C=O) groups is 1. The predicted octanol–water partition coefficient (Wildman–Crippen LogP) is 4.80. The number of fused-ring (bicyclic) bond motifs is 4. The molecule has 1 unspecified atom stereocenters. The Hall–Kier alpha value is -3.63. The summed E-state index contributed by atoms with van der Waals surface area (Å²) in [5, 5.41) is 6.41. The Kier molecular flexibility index (Phi) is 6.45. The Morgan fingerprint density at radius 3 is 2.66 bits per heavy atom. The first-order valence-corrected chi connectivity index (χ1v) is 12.9. The Bertz CT molecular complexity index is 1340. The molecule has 0 saturated carbocycles. The summed E-state index contributed by atoms with van der Waals surface area (Å²) >= 11 is 0. The predicted molar refractivity (Wildman–Crippen MR) is 141 cm³/mol. The molecule has 0 radical (unpaired) electrons. The molecule has 2 amide bonds. The van der Waals surface area contributed by atoms with E-state index in [1.165, 1.54) is 6.07 Å². The first-order valence-electron chi connectivity index (χ1n) is 12.9. The van der Waals surface area contributed by atoms with Crippen LogP contribution in [0.3, 0.4) is 0 Å². The van der Waals surface area contributed by atoms with E-state index in [0.717, 1.165) is 69.1 Å². The second kappa shape index (κ2) is 9.92. The zero-order valence-electron chi connectivity index (χ0n) is 20.8. The van der Waals surface area contributed by atoms with E-state index >= 15 is 0 Å². The van der Waals surface area contributed by atoms with Crippen molar-refractivity contribution in [1.29, 1.82) is 0 Å². The van der Waals surface area contributed by atoms with Crippen LogP contribution < -0.4 is 20.4 Å². The number of pyridine rings is 1. The van der Waals surface area contributed by atoms with Gasteiger partial charge < -0.3 is 15.5 Å². The van der Waals surface area contributed by atoms with Gasteiger partial charge in [-0.3, -0.25) is 9.80 Å². The van der Waals surface area contributed by atoms with Crippen molar-refractivity contribution in [2.75, 3.05) is 54.4 Å². The molecule has 2 saturated heterocycles. The van der Waals surface area contributed by atoms with Crippen LogP contribution in [0.15, 0.2) is 60.7 Å². The zero-order valence-corrected chi connectivity index (χ0v) is 20.8. The average molecular weight is 523 g/mol. The van der Waals surface area contributed by atoms with Crippen molar-refractivity contribution in [2.24, 2.45) is 0 Å². The van der Waals surface area contributed by atoms with Gasteiger partial charge in [-0.25, -0.2) is 9.78 Å². The van der Waals surface area contributed by atoms with Crippen molar-refractivity contribution in [3.63, 3.8) is 0 Å². The number of hydrogen-bond acceptors (Lipinski definition) is 5. The van der Waals surface area contributed by atoms with Crippen molar-refractivity contribution in [3.8, 4) is 11.3 Å². The zero-order chi connectivity index (χ0) is 26.3. The Balaban J connectivity index is 1.27. The molecule has 38 heavy (non-hydrogen) atoms. The number of benzene rings is 2. The lowest BCUT2D eigenvalue weighted by Gasteiger charge is -2.36. The minimum absolute atomic E-state index is 0.0595. The van der Waals surface area contributed by atoms with Crippen LogP contribution in [0.2, 0.25) is 0 Å². The maximum Gasteiger partial charge on any atom is 0.416 e. The van der Waals surface area contributed by atoms with E-state index in [1.807, 2.05) is 24.3 Å². The molecule has 2 fully saturated rings. The number of carbonyl (C=O) groups excluding carboxylic acids is 1. The summed E-state index contributed by atoms with van der Waals surface area (Å²) in [4.78, 5) is 24.6. The summed E-state index contributed by atoms with van der Waals surface area (Å²) in [7, 11) is 0. The van der Waals surface area contributed by atoms with Crippen LogP contribution in [0.4, 0.5) is 35.2 Å². The minimum Gasteiger partial charge on any atom is -0.366 e. The van der Waals surface area contributed by atoms with Crippen LogP contribution in [0, 0.1) is 0 Å². The molecule has 198 valence electrons. The van der Waals surface area contributed by atoms with E-state index in [1.54, 1.807) is 17.0 Å². The largest absolute Gasteiger partial charge is 0.416 e. The monoisotopic (exact) mass is 522 g/mol. The number of halogens is 3. The summed E-state index contributed by atoms with van der Waals surface area (Å²) < 4.78 is 39.9. The fourth-order valence-corrected chi connectivity index (χ4v) is 5.55. The molecule has 3 aliphatic rings. The number of nitrogens with one attached hydrogen (secondary N) is 2. The third-order valence-electron chi connectivity index (χ3n) is 7.45. The number of anilines is 3. The highest BCUT2D eigenvalue weighted by Gasteiger charge is 2.40. The lowest BCUT2D eigenvalue weighted by molar-refractivity contribution is -0.137. The molecule has 1 atom stereocenters. The molecule has 2 N–H and O–H groups in total. The van der Waals surface area contributed by atoms with E-state index in [2.05, 4.69) is 26.5 Å². The quantitative estimate of drug-likeness (QED) is 0.515. The van der Waals surface area contributed by atoms with Crippen molar-refractivity contribution in [3.05, 3.63) is 71.8 Å². The van der Waals surface area contributed by atoms with Crippen molar-refractivity contribution >= 4 is 23.2 Å². The van der Waals surface area contributed by atoms with E-state index in [4.69, 9.17) is 4.98 Å². The van der Waals surface area contributed by atoms with Gasteiger partial charge in [0.25, 0.3) is 0 Å². The Morgan fingerprint density at radius 2 is 1.84 bits per heavy atom. The van der Waals surface area contributed by atoms with Gasteiger partial charge in [0, 0.05) is 57.1 Å². The Labute approximate surface area is 219 Å². The van der Waals surface area contributed by atoms with Crippen LogP contribution >= 0.6 is 0 Å². The highest BCUT2D eigenvalue weighted by atomic mass is 19.4. The standard InChI is InChI=1S/C28H29F3N6O/c29-28(30,31)21-5-2-4-20(16-21)24-7-8-25-26(34-24)37(23-9-12-36(25)18-23)27(38)33-22-6-1-3-19(15-22)17-35-13-10-32-11-14-35/h1-8,15-16,23,32H,9-14,17-18H2,(H,33,38). The number of piperazine rings is 1. The maximum absolute atomic E-state index is 13.6. The van der Waals surface area contributed by atoms with Gasteiger partial charge in [-0.1, -0.05) is 24.3 Å². The molecular weight excluding hydrogens is 493 g/mol. The summed E-state index contributed by atoms with van der Waals surface area (Å²) in [6, 6.07) is 16.2. The van der Waals surface area contributed by atoms with Gasteiger partial charge in [0.2, 0.25) is 0 Å². The number of rotatable bonds is 4. The number of alkyl halides is 3. The van der Waals surface area contributed by atoms with E-state index in [0.29, 0.717) is 29.3 Å². The van der Waals surface area contributed by atoms with Gasteiger partial charge in [-0.05, 0) is 48.4 Å². The second-order valence-corrected chi connectivity index (χ2v) is 10.0. The van der Waals surface area contributed by atoms with Gasteiger partial charge >= 0.3 is 12.2 Å². The first-order chi connectivity index (χ1) is 18.3. The number of urea groups is 1. The fourth-order valence-electron chi connectivity index (χ4n) is 5.55. The first kappa shape index (κ1) is 24.7. The van der Waals surface area contributed by atoms with E-state index < -0.39 is 11.7 Å². The lowest BCUT2D eigenvalue weighted by Crippen LogP contribution is -2.48. The molecule has 10 heteroatoms. The highest BCUT2D eigenvalue weighted by molar-refractivity contribution is 6.04. The van der Waals surface area contributed by atoms with Crippen LogP contribution in [0.1, 0.15) is 17.5 Å². The van der Waals surface area contributed by atoms with Crippen molar-refractivity contribution in [1.82, 2.24) is 15.2 Å². The molecule has 0 aliphatic carbocycles. The number of amides is 2. The smallest absolute Gasteiger partial charge is 0.366 e. The average Bonchev–Trinajstić information content (AvgIpc) is 3.33. The van der Waals surface area contributed by atoms with Crippen molar-refractivity contribution in [2.45, 2.75) is 25.2 Å². The van der Waals surface area contributed by atoms with E-state index in [-0.39, 0.29) is 12.1 Å². The second-order valence-electron chi connectivity index (χ2n) is 10.0. The normalized spacial score (nSPS) is 19.4. The number of aromatic nitrogens is 1. The van der Waals surface area contributed by atoms with Crippen LogP contribution in [0.5, 0.6) is 0 Å². The summed E-state index contributed by atoms with van der Waals surface area (Å²) in [6.07, 6.45) is -3.65. The highest BCUT2D eigenvalue weighted by Crippen LogP contribution is 2.41. The van der Waals surface area contributed by atoms with Crippen molar-refractivity contribution < 1.29 is 18.0 Å². The van der Waals surface area contributed by atoms with Gasteiger partial charge in [0.05, 0.1) is 23.0 Å². The van der Waals surface area contributed by atoms with Crippen LogP contribution in [-0.4, -0.2) is 61.2 Å². The minimum atomic E-state index is -4.44. The molecule has 0 spiro atoms. The third kappa shape index (κ3) is 4.93. The number of nitrogens with zero attached hydrogens (tertiary/aromatic N) is 4. The SMILES string of the molecule is O=C(Nc1cccc(CN2CCNCC2)c1)N1c2nc(-c3cccc(C(F)(F)F)c3)ccc2N2CCC1C2. The third-order valence-corrected chi connectivity index (χ3v) is 7.45. The topological polar surface area (TPSA) is 63.7 Å². The molecule has 7 nitrogen and oxygen atoms in total. The number of hydrogen-bond donors (Lipinski definition) is 2. The van der Waals surface area contributed by atoms with Gasteiger partial charge in [-0.15, -0.1) is 0 Å². The molecule has 1 aromatic heterocycles. The molecule has 2 bridgehead atoms. The molecule has 4 heterocycles. The van der Waals surface area contributed by atoms with Gasteiger partial charge in [0.1, 0.15) is 0 Å². The molecule has 3 aliphatic heterocycles. The maximum atomic E-state index is 13.6.